The van der Waals surface area contributed by atoms with Gasteiger partial charge in [0.2, 0.25) is 5.91 Å². The largest absolute Gasteiger partial charge is 0.466 e. The summed E-state index contributed by atoms with van der Waals surface area (Å²) in [5.41, 5.74) is 9.15. The van der Waals surface area contributed by atoms with Crippen LogP contribution >= 0.6 is 0 Å². The van der Waals surface area contributed by atoms with Gasteiger partial charge in [-0.1, -0.05) is 50.2 Å². The summed E-state index contributed by atoms with van der Waals surface area (Å²) in [6, 6.07) is 16.4. The minimum Gasteiger partial charge on any atom is -0.466 e. The Morgan fingerprint density at radius 3 is 2.34 bits per heavy atom. The number of benzene rings is 2. The molecule has 1 amide bonds. The molecule has 196 valence electrons. The van der Waals surface area contributed by atoms with Crippen molar-refractivity contribution in [3.05, 3.63) is 82.3 Å². The highest BCUT2D eigenvalue weighted by Crippen LogP contribution is 2.44. The van der Waals surface area contributed by atoms with Crippen LogP contribution < -0.4 is 15.5 Å². The van der Waals surface area contributed by atoms with Crippen molar-refractivity contribution in [1.82, 2.24) is 0 Å². The molecule has 0 fully saturated rings. The number of allylic oxidation sites excluding steroid dienone is 1. The third-order valence-corrected chi connectivity index (χ3v) is 6.82. The SMILES string of the molecule is COC(=O)C1=C(C(=O)OC)N(c2ccc3c(c2)N(C(=O)C(C)C)CCC3)C(N)=C(C#N)C1c1ccccc1. The van der Waals surface area contributed by atoms with E-state index >= 15 is 0 Å². The molecule has 0 aliphatic carbocycles. The van der Waals surface area contributed by atoms with E-state index in [1.54, 1.807) is 47.4 Å². The van der Waals surface area contributed by atoms with Crippen molar-refractivity contribution in [3.63, 3.8) is 0 Å². The molecule has 2 aromatic carbocycles. The maximum absolute atomic E-state index is 13.3. The van der Waals surface area contributed by atoms with Gasteiger partial charge in [0.05, 0.1) is 37.4 Å². The van der Waals surface area contributed by atoms with Crippen LogP contribution in [0.5, 0.6) is 0 Å². The second-order valence-electron chi connectivity index (χ2n) is 9.40. The van der Waals surface area contributed by atoms with Gasteiger partial charge in [-0.3, -0.25) is 9.69 Å². The summed E-state index contributed by atoms with van der Waals surface area (Å²) >= 11 is 0. The van der Waals surface area contributed by atoms with Crippen LogP contribution in [-0.2, 0) is 30.3 Å². The predicted octanol–water partition coefficient (Wildman–Crippen LogP) is 3.52. The molecular formula is C29H30N4O5. The molecule has 2 aliphatic heterocycles. The van der Waals surface area contributed by atoms with Crippen LogP contribution in [0.4, 0.5) is 11.4 Å². The van der Waals surface area contributed by atoms with E-state index in [4.69, 9.17) is 15.2 Å². The lowest BCUT2D eigenvalue weighted by molar-refractivity contribution is -0.139. The summed E-state index contributed by atoms with van der Waals surface area (Å²) in [5, 5.41) is 10.2. The van der Waals surface area contributed by atoms with Gasteiger partial charge in [0.15, 0.2) is 0 Å². The Labute approximate surface area is 221 Å². The molecule has 1 atom stereocenters. The molecule has 4 rings (SSSR count). The molecule has 38 heavy (non-hydrogen) atoms. The normalized spacial score (nSPS) is 17.2. The second-order valence-corrected chi connectivity index (χ2v) is 9.40. The molecule has 1 unspecified atom stereocenters. The van der Waals surface area contributed by atoms with Gasteiger partial charge in [0.1, 0.15) is 11.5 Å². The third-order valence-electron chi connectivity index (χ3n) is 6.82. The van der Waals surface area contributed by atoms with Crippen molar-refractivity contribution in [2.24, 2.45) is 11.7 Å². The van der Waals surface area contributed by atoms with E-state index in [9.17, 15) is 19.6 Å². The maximum Gasteiger partial charge on any atom is 0.355 e. The first-order chi connectivity index (χ1) is 18.2. The van der Waals surface area contributed by atoms with Crippen molar-refractivity contribution in [2.45, 2.75) is 32.6 Å². The summed E-state index contributed by atoms with van der Waals surface area (Å²) in [7, 11) is 2.41. The van der Waals surface area contributed by atoms with E-state index in [0.717, 1.165) is 18.4 Å². The monoisotopic (exact) mass is 514 g/mol. The van der Waals surface area contributed by atoms with Crippen LogP contribution in [0, 0.1) is 17.2 Å². The molecule has 2 aliphatic rings. The number of aryl methyl sites for hydroxylation is 1. The number of hydrogen-bond donors (Lipinski definition) is 1. The number of amides is 1. The zero-order chi connectivity index (χ0) is 27.6. The Morgan fingerprint density at radius 2 is 1.74 bits per heavy atom. The quantitative estimate of drug-likeness (QED) is 0.601. The summed E-state index contributed by atoms with van der Waals surface area (Å²) in [6.07, 6.45) is 1.61. The summed E-state index contributed by atoms with van der Waals surface area (Å²) in [4.78, 5) is 42.6. The fraction of sp³-hybridized carbons (Fsp3) is 0.310. The number of esters is 2. The summed E-state index contributed by atoms with van der Waals surface area (Å²) in [5.74, 6) is -2.82. The van der Waals surface area contributed by atoms with Gasteiger partial charge in [-0.2, -0.15) is 5.26 Å². The van der Waals surface area contributed by atoms with E-state index in [1.165, 1.54) is 19.1 Å². The van der Waals surface area contributed by atoms with E-state index in [-0.39, 0.29) is 34.5 Å². The van der Waals surface area contributed by atoms with Crippen molar-refractivity contribution in [1.29, 1.82) is 5.26 Å². The van der Waals surface area contributed by atoms with Gasteiger partial charge in [0.25, 0.3) is 0 Å². The first-order valence-corrected chi connectivity index (χ1v) is 12.3. The molecule has 0 saturated carbocycles. The lowest BCUT2D eigenvalue weighted by atomic mass is 9.81. The molecule has 0 saturated heterocycles. The zero-order valence-corrected chi connectivity index (χ0v) is 21.9. The average molecular weight is 515 g/mol. The Bertz CT molecular complexity index is 1390. The number of carbonyl (C=O) groups excluding carboxylic acids is 3. The van der Waals surface area contributed by atoms with Gasteiger partial charge < -0.3 is 20.1 Å². The molecule has 0 spiro atoms. The number of ether oxygens (including phenoxy) is 2. The molecule has 0 radical (unpaired) electrons. The van der Waals surface area contributed by atoms with Crippen molar-refractivity contribution < 1.29 is 23.9 Å². The van der Waals surface area contributed by atoms with E-state index in [2.05, 4.69) is 6.07 Å². The first-order valence-electron chi connectivity index (χ1n) is 12.3. The molecule has 0 bridgehead atoms. The highest BCUT2D eigenvalue weighted by atomic mass is 16.5. The van der Waals surface area contributed by atoms with Crippen LogP contribution in [-0.4, -0.2) is 38.6 Å². The number of methoxy groups -OCH3 is 2. The lowest BCUT2D eigenvalue weighted by Crippen LogP contribution is -2.41. The van der Waals surface area contributed by atoms with Crippen LogP contribution in [0.3, 0.4) is 0 Å². The maximum atomic E-state index is 13.3. The number of nitrogens with zero attached hydrogens (tertiary/aromatic N) is 3. The zero-order valence-electron chi connectivity index (χ0n) is 21.9. The summed E-state index contributed by atoms with van der Waals surface area (Å²) < 4.78 is 10.2. The molecule has 0 aromatic heterocycles. The van der Waals surface area contributed by atoms with Crippen LogP contribution in [0.15, 0.2) is 71.2 Å². The fourth-order valence-corrected chi connectivity index (χ4v) is 5.02. The van der Waals surface area contributed by atoms with Gasteiger partial charge in [-0.05, 0) is 36.1 Å². The number of fused-ring (bicyclic) bond motifs is 1. The highest BCUT2D eigenvalue weighted by Gasteiger charge is 2.43. The molecule has 2 N–H and O–H groups in total. The third kappa shape index (κ3) is 4.50. The smallest absolute Gasteiger partial charge is 0.355 e. The topological polar surface area (TPSA) is 126 Å². The van der Waals surface area contributed by atoms with Crippen molar-refractivity contribution >= 4 is 29.2 Å². The minimum absolute atomic E-state index is 0.0214. The molecule has 9 nitrogen and oxygen atoms in total. The lowest BCUT2D eigenvalue weighted by Gasteiger charge is -2.37. The van der Waals surface area contributed by atoms with E-state index < -0.39 is 17.9 Å². The molecule has 9 heteroatoms. The van der Waals surface area contributed by atoms with Crippen LogP contribution in [0.1, 0.15) is 37.3 Å². The number of nitrogens with two attached hydrogens (primary N) is 1. The Hall–Kier alpha value is -4.58. The van der Waals surface area contributed by atoms with Gasteiger partial charge in [-0.15, -0.1) is 0 Å². The Balaban J connectivity index is 2.00. The predicted molar refractivity (Wildman–Crippen MR) is 142 cm³/mol. The Morgan fingerprint density at radius 1 is 1.05 bits per heavy atom. The van der Waals surface area contributed by atoms with Gasteiger partial charge in [0, 0.05) is 23.8 Å². The number of nitriles is 1. The number of hydrogen-bond acceptors (Lipinski definition) is 8. The number of carbonyl (C=O) groups is 3. The second kappa shape index (κ2) is 10.8. The Kier molecular flexibility index (Phi) is 7.53. The van der Waals surface area contributed by atoms with Crippen LogP contribution in [0.2, 0.25) is 0 Å². The highest BCUT2D eigenvalue weighted by molar-refractivity contribution is 6.06. The van der Waals surface area contributed by atoms with E-state index in [1.807, 2.05) is 19.9 Å². The van der Waals surface area contributed by atoms with Crippen molar-refractivity contribution in [2.75, 3.05) is 30.6 Å². The van der Waals surface area contributed by atoms with Gasteiger partial charge >= 0.3 is 11.9 Å². The first kappa shape index (κ1) is 26.5. The fourth-order valence-electron chi connectivity index (χ4n) is 5.02. The summed E-state index contributed by atoms with van der Waals surface area (Å²) in [6.45, 7) is 4.25. The molecule has 2 aromatic rings. The standard InChI is InChI=1S/C29H30N4O5/c1-17(2)27(34)32-14-8-11-18-12-13-20(15-22(18)32)33-25(29(36)38-4)24(28(35)37-3)23(21(16-30)26(33)31)19-9-6-5-7-10-19/h5-7,9-10,12-13,15,17,23H,8,11,14,31H2,1-4H3. The van der Waals surface area contributed by atoms with Crippen molar-refractivity contribution in [3.8, 4) is 6.07 Å². The molecule has 2 heterocycles. The van der Waals surface area contributed by atoms with E-state index in [0.29, 0.717) is 23.5 Å². The van der Waals surface area contributed by atoms with Crippen LogP contribution in [0.25, 0.3) is 0 Å². The minimum atomic E-state index is -0.948. The average Bonchev–Trinajstić information content (AvgIpc) is 2.94. The number of anilines is 2. The number of rotatable bonds is 5. The van der Waals surface area contributed by atoms with Gasteiger partial charge in [-0.25, -0.2) is 9.59 Å². The molecular weight excluding hydrogens is 484 g/mol.